The van der Waals surface area contributed by atoms with Gasteiger partial charge < -0.3 is 4.57 Å². The molecule has 3 heterocycles. The quantitative estimate of drug-likeness (QED) is 0.185. The first-order chi connectivity index (χ1) is 24.8. The van der Waals surface area contributed by atoms with Gasteiger partial charge in [0.2, 0.25) is 0 Å². The van der Waals surface area contributed by atoms with Crippen LogP contribution in [-0.4, -0.2) is 19.5 Å². The van der Waals surface area contributed by atoms with Crippen molar-refractivity contribution in [2.24, 2.45) is 0 Å². The molecule has 5 heteroatoms. The standard InChI is InChI=1S/C45H28N4S/c1-3-13-29(14-4-1)31-17-11-18-32(27-31)44-46-43(30-15-5-2-6-16-30)47-45(48-44)33-25-26-36-37-21-12-24-40(42(37)50-41(36)28-33)49-38-22-9-7-19-34(38)35-20-8-10-23-39(35)49/h1-28H. The zero-order chi connectivity index (χ0) is 33.0. The maximum absolute atomic E-state index is 5.10. The van der Waals surface area contributed by atoms with E-state index < -0.39 is 0 Å². The van der Waals surface area contributed by atoms with E-state index in [0.29, 0.717) is 17.5 Å². The van der Waals surface area contributed by atoms with Crippen molar-refractivity contribution in [3.63, 3.8) is 0 Å². The summed E-state index contributed by atoms with van der Waals surface area (Å²) >= 11 is 1.82. The Kier molecular flexibility index (Phi) is 6.64. The fourth-order valence-electron chi connectivity index (χ4n) is 7.10. The van der Waals surface area contributed by atoms with Crippen LogP contribution in [0.3, 0.4) is 0 Å². The minimum atomic E-state index is 0.650. The van der Waals surface area contributed by atoms with Crippen molar-refractivity contribution in [3.05, 3.63) is 170 Å². The van der Waals surface area contributed by atoms with Gasteiger partial charge in [-0.25, -0.2) is 15.0 Å². The smallest absolute Gasteiger partial charge is 0.164 e. The number of aromatic nitrogens is 4. The lowest BCUT2D eigenvalue weighted by Gasteiger charge is -2.10. The van der Waals surface area contributed by atoms with Gasteiger partial charge in [0.05, 0.1) is 21.4 Å². The minimum Gasteiger partial charge on any atom is -0.308 e. The monoisotopic (exact) mass is 656 g/mol. The van der Waals surface area contributed by atoms with Gasteiger partial charge in [0.1, 0.15) is 0 Å². The molecule has 0 aliphatic rings. The summed E-state index contributed by atoms with van der Waals surface area (Å²) in [5.74, 6) is 1.96. The van der Waals surface area contributed by atoms with Gasteiger partial charge in [-0.05, 0) is 41.5 Å². The molecule has 0 saturated heterocycles. The number of fused-ring (bicyclic) bond motifs is 6. The Hall–Kier alpha value is -6.43. The van der Waals surface area contributed by atoms with E-state index >= 15 is 0 Å². The van der Waals surface area contributed by atoms with Crippen molar-refractivity contribution in [2.75, 3.05) is 0 Å². The number of rotatable bonds is 5. The molecule has 10 rings (SSSR count). The first-order valence-electron chi connectivity index (χ1n) is 16.7. The maximum atomic E-state index is 5.10. The second-order valence-corrected chi connectivity index (χ2v) is 13.5. The molecule has 234 valence electrons. The molecule has 0 fully saturated rings. The summed E-state index contributed by atoms with van der Waals surface area (Å²) < 4.78 is 4.86. The molecule has 0 spiro atoms. The third kappa shape index (κ3) is 4.71. The fraction of sp³-hybridized carbons (Fsp3) is 0. The lowest BCUT2D eigenvalue weighted by Crippen LogP contribution is -2.00. The molecule has 0 amide bonds. The Balaban J connectivity index is 1.15. The molecule has 4 nitrogen and oxygen atoms in total. The predicted molar refractivity (Wildman–Crippen MR) is 209 cm³/mol. The highest BCUT2D eigenvalue weighted by Gasteiger charge is 2.18. The van der Waals surface area contributed by atoms with Crippen molar-refractivity contribution >= 4 is 53.3 Å². The van der Waals surface area contributed by atoms with Gasteiger partial charge in [0, 0.05) is 42.9 Å². The van der Waals surface area contributed by atoms with E-state index in [1.807, 2.05) is 35.6 Å². The van der Waals surface area contributed by atoms with E-state index in [1.54, 1.807) is 0 Å². The third-order valence-electron chi connectivity index (χ3n) is 9.45. The van der Waals surface area contributed by atoms with Crippen LogP contribution in [0.1, 0.15) is 0 Å². The van der Waals surface area contributed by atoms with E-state index in [9.17, 15) is 0 Å². The average Bonchev–Trinajstić information content (AvgIpc) is 3.74. The Morgan fingerprint density at radius 1 is 0.360 bits per heavy atom. The van der Waals surface area contributed by atoms with Gasteiger partial charge in [0.15, 0.2) is 17.5 Å². The third-order valence-corrected chi connectivity index (χ3v) is 10.6. The molecule has 0 atom stereocenters. The number of nitrogens with zero attached hydrogens (tertiary/aromatic N) is 4. The summed E-state index contributed by atoms with van der Waals surface area (Å²) in [7, 11) is 0. The van der Waals surface area contributed by atoms with Crippen molar-refractivity contribution in [1.29, 1.82) is 0 Å². The molecule has 0 N–H and O–H groups in total. The first-order valence-corrected chi connectivity index (χ1v) is 17.5. The van der Waals surface area contributed by atoms with Gasteiger partial charge >= 0.3 is 0 Å². The fourth-order valence-corrected chi connectivity index (χ4v) is 8.35. The van der Waals surface area contributed by atoms with E-state index in [4.69, 9.17) is 15.0 Å². The van der Waals surface area contributed by atoms with Crippen LogP contribution < -0.4 is 0 Å². The molecule has 0 unspecified atom stereocenters. The molecule has 0 radical (unpaired) electrons. The zero-order valence-electron chi connectivity index (χ0n) is 26.9. The van der Waals surface area contributed by atoms with Crippen molar-refractivity contribution in [2.45, 2.75) is 0 Å². The van der Waals surface area contributed by atoms with Gasteiger partial charge in [-0.2, -0.15) is 0 Å². The summed E-state index contributed by atoms with van der Waals surface area (Å²) in [6, 6.07) is 59.6. The van der Waals surface area contributed by atoms with E-state index in [-0.39, 0.29) is 0 Å². The molecule has 7 aromatic carbocycles. The van der Waals surface area contributed by atoms with Gasteiger partial charge in [0.25, 0.3) is 0 Å². The van der Waals surface area contributed by atoms with Gasteiger partial charge in [-0.15, -0.1) is 11.3 Å². The maximum Gasteiger partial charge on any atom is 0.164 e. The molecule has 3 aromatic heterocycles. The molecule has 10 aromatic rings. The predicted octanol–water partition coefficient (Wildman–Crippen LogP) is 12.0. The minimum absolute atomic E-state index is 0.650. The van der Waals surface area contributed by atoms with Crippen LogP contribution in [0.25, 0.3) is 93.0 Å². The highest BCUT2D eigenvalue weighted by Crippen LogP contribution is 2.42. The molecule has 0 bridgehead atoms. The number of para-hydroxylation sites is 2. The Morgan fingerprint density at radius 3 is 1.58 bits per heavy atom. The summed E-state index contributed by atoms with van der Waals surface area (Å²) in [4.78, 5) is 15.1. The Bertz CT molecular complexity index is 2820. The summed E-state index contributed by atoms with van der Waals surface area (Å²) in [5, 5.41) is 5.00. The lowest BCUT2D eigenvalue weighted by atomic mass is 10.0. The number of hydrogen-bond acceptors (Lipinski definition) is 4. The molecule has 50 heavy (non-hydrogen) atoms. The van der Waals surface area contributed by atoms with Crippen LogP contribution in [0.5, 0.6) is 0 Å². The second kappa shape index (κ2) is 11.6. The Morgan fingerprint density at radius 2 is 0.880 bits per heavy atom. The largest absolute Gasteiger partial charge is 0.308 e. The van der Waals surface area contributed by atoms with Crippen molar-refractivity contribution in [1.82, 2.24) is 19.5 Å². The SMILES string of the molecule is c1ccc(-c2cccc(-c3nc(-c4ccccc4)nc(-c4ccc5c(c4)sc4c(-n6c7ccccc7c7ccccc76)cccc45)n3)c2)cc1. The van der Waals surface area contributed by atoms with Crippen LogP contribution in [0.2, 0.25) is 0 Å². The second-order valence-electron chi connectivity index (χ2n) is 12.5. The van der Waals surface area contributed by atoms with Crippen LogP contribution in [0, 0.1) is 0 Å². The summed E-state index contributed by atoms with van der Waals surface area (Å²) in [6.45, 7) is 0. The van der Waals surface area contributed by atoms with E-state index in [2.05, 4.69) is 150 Å². The molecular weight excluding hydrogens is 629 g/mol. The highest BCUT2D eigenvalue weighted by molar-refractivity contribution is 7.26. The number of benzene rings is 7. The molecule has 0 aliphatic carbocycles. The highest BCUT2D eigenvalue weighted by atomic mass is 32.1. The van der Waals surface area contributed by atoms with E-state index in [1.165, 1.54) is 47.7 Å². The normalized spacial score (nSPS) is 11.6. The van der Waals surface area contributed by atoms with Crippen molar-refractivity contribution in [3.8, 4) is 51.0 Å². The molecule has 0 saturated carbocycles. The summed E-state index contributed by atoms with van der Waals surface area (Å²) in [6.07, 6.45) is 0. The van der Waals surface area contributed by atoms with Crippen LogP contribution in [-0.2, 0) is 0 Å². The first kappa shape index (κ1) is 28.6. The number of hydrogen-bond donors (Lipinski definition) is 0. The van der Waals surface area contributed by atoms with Gasteiger partial charge in [-0.1, -0.05) is 140 Å². The lowest BCUT2D eigenvalue weighted by molar-refractivity contribution is 1.07. The topological polar surface area (TPSA) is 43.6 Å². The van der Waals surface area contributed by atoms with E-state index in [0.717, 1.165) is 27.8 Å². The molecular formula is C45H28N4S. The van der Waals surface area contributed by atoms with Gasteiger partial charge in [-0.3, -0.25) is 0 Å². The average molecular weight is 657 g/mol. The van der Waals surface area contributed by atoms with Crippen LogP contribution >= 0.6 is 11.3 Å². The Labute approximate surface area is 292 Å². The molecule has 0 aliphatic heterocycles. The van der Waals surface area contributed by atoms with Crippen molar-refractivity contribution < 1.29 is 0 Å². The summed E-state index contributed by atoms with van der Waals surface area (Å²) in [5.41, 5.74) is 8.75. The van der Waals surface area contributed by atoms with Crippen LogP contribution in [0.15, 0.2) is 170 Å². The number of thiophene rings is 1. The van der Waals surface area contributed by atoms with Crippen LogP contribution in [0.4, 0.5) is 0 Å². The zero-order valence-corrected chi connectivity index (χ0v) is 27.7.